The van der Waals surface area contributed by atoms with Gasteiger partial charge in [-0.05, 0) is 107 Å². The van der Waals surface area contributed by atoms with Gasteiger partial charge in [-0.2, -0.15) is 0 Å². The van der Waals surface area contributed by atoms with Crippen LogP contribution in [0.2, 0.25) is 5.02 Å². The van der Waals surface area contributed by atoms with Gasteiger partial charge in [0, 0.05) is 46.6 Å². The first-order valence-corrected chi connectivity index (χ1v) is 21.5. The van der Waals surface area contributed by atoms with Crippen LogP contribution < -0.4 is 14.8 Å². The molecule has 0 aliphatic carbocycles. The lowest BCUT2D eigenvalue weighted by atomic mass is 9.87. The molecule has 6 rings (SSSR count). The third-order valence-corrected chi connectivity index (χ3v) is 12.0. The summed E-state index contributed by atoms with van der Waals surface area (Å²) in [5.41, 5.74) is 6.17. The average molecular weight is 826 g/mol. The van der Waals surface area contributed by atoms with Crippen molar-refractivity contribution in [1.29, 1.82) is 0 Å². The van der Waals surface area contributed by atoms with E-state index in [1.807, 2.05) is 55.5 Å². The zero-order valence-electron chi connectivity index (χ0n) is 32.9. The van der Waals surface area contributed by atoms with Gasteiger partial charge in [0.05, 0.1) is 26.9 Å². The lowest BCUT2D eigenvalue weighted by Gasteiger charge is -2.20. The highest BCUT2D eigenvalue weighted by atomic mass is 35.5. The smallest absolute Gasteiger partial charge is 0.261 e. The third-order valence-electron chi connectivity index (χ3n) is 8.99. The summed E-state index contributed by atoms with van der Waals surface area (Å²) < 4.78 is 56.9. The number of aromatic nitrogens is 2. The van der Waals surface area contributed by atoms with Crippen LogP contribution in [0.5, 0.6) is 0 Å². The maximum Gasteiger partial charge on any atom is 0.261 e. The standard InChI is InChI=1S/C22H23ClN2O3S.C22H25N3O2S/c1-22(2,3)16-6-9-18(10-7-16)29(27,28)25-20-11-8-17(23)13-19(20)21(26)15-5-4-12-24-14-15;1-16-5-10-20(21(15-16)24-18-11-13-23-14-12-18)25-28(26,27)19-8-6-17(7-9-19)22(2,3)4/h4-14,21,25-26H,1-3H3;5-15,25H,1-4H3,(H,23,24). The summed E-state index contributed by atoms with van der Waals surface area (Å²) in [6.07, 6.45) is 5.40. The van der Waals surface area contributed by atoms with Crippen LogP contribution >= 0.6 is 11.6 Å². The summed E-state index contributed by atoms with van der Waals surface area (Å²) in [5, 5.41) is 14.4. The van der Waals surface area contributed by atoms with Crippen LogP contribution in [0.3, 0.4) is 0 Å². The maximum atomic E-state index is 12.9. The van der Waals surface area contributed by atoms with Gasteiger partial charge in [-0.1, -0.05) is 89.5 Å². The summed E-state index contributed by atoms with van der Waals surface area (Å²) in [6.45, 7) is 14.4. The number of sulfonamides is 2. The van der Waals surface area contributed by atoms with Gasteiger partial charge in [0.2, 0.25) is 0 Å². The molecule has 0 fully saturated rings. The molecule has 10 nitrogen and oxygen atoms in total. The van der Waals surface area contributed by atoms with Crippen LogP contribution in [0.4, 0.5) is 22.7 Å². The Morgan fingerprint density at radius 3 is 1.65 bits per heavy atom. The predicted octanol–water partition coefficient (Wildman–Crippen LogP) is 10.1. The number of aliphatic hydroxyl groups excluding tert-OH is 1. The van der Waals surface area contributed by atoms with E-state index in [9.17, 15) is 21.9 Å². The highest BCUT2D eigenvalue weighted by molar-refractivity contribution is 7.93. The van der Waals surface area contributed by atoms with Gasteiger partial charge in [0.15, 0.2) is 0 Å². The number of nitrogens with one attached hydrogen (secondary N) is 3. The van der Waals surface area contributed by atoms with Crippen molar-refractivity contribution in [3.8, 4) is 0 Å². The molecule has 2 aromatic heterocycles. The Labute approximate surface area is 341 Å². The summed E-state index contributed by atoms with van der Waals surface area (Å²) in [4.78, 5) is 8.37. The molecule has 4 aromatic carbocycles. The van der Waals surface area contributed by atoms with E-state index >= 15 is 0 Å². The minimum absolute atomic E-state index is 0.0334. The number of benzene rings is 4. The van der Waals surface area contributed by atoms with Crippen LogP contribution in [0.15, 0.2) is 144 Å². The summed E-state index contributed by atoms with van der Waals surface area (Å²) in [5.74, 6) is 0. The zero-order valence-corrected chi connectivity index (χ0v) is 35.3. The first-order valence-electron chi connectivity index (χ1n) is 18.1. The van der Waals surface area contributed by atoms with Crippen molar-refractivity contribution in [2.45, 2.75) is 75.2 Å². The van der Waals surface area contributed by atoms with Gasteiger partial charge in [-0.15, -0.1) is 0 Å². The molecule has 0 amide bonds. The SMILES string of the molecule is CC(C)(C)c1ccc(S(=O)(=O)Nc2ccc(Cl)cc2C(O)c2cccnc2)cc1.Cc1ccc(NS(=O)(=O)c2ccc(C(C)(C)C)cc2)c(Nc2ccncc2)c1. The Bertz CT molecular complexity index is 2510. The Hall–Kier alpha value is -5.27. The number of halogens is 1. The van der Waals surface area contributed by atoms with Gasteiger partial charge >= 0.3 is 0 Å². The van der Waals surface area contributed by atoms with Crippen molar-refractivity contribution in [2.75, 3.05) is 14.8 Å². The molecule has 0 aliphatic rings. The number of aryl methyl sites for hydroxylation is 1. The molecule has 1 atom stereocenters. The molecule has 0 saturated carbocycles. The maximum absolute atomic E-state index is 12.9. The minimum atomic E-state index is -3.85. The number of pyridine rings is 2. The van der Waals surface area contributed by atoms with E-state index in [1.165, 1.54) is 6.20 Å². The average Bonchev–Trinajstić information content (AvgIpc) is 3.17. The lowest BCUT2D eigenvalue weighted by molar-refractivity contribution is 0.220. The van der Waals surface area contributed by atoms with E-state index in [0.29, 0.717) is 27.5 Å². The molecule has 2 heterocycles. The Morgan fingerprint density at radius 2 is 1.14 bits per heavy atom. The van der Waals surface area contributed by atoms with Gasteiger partial charge in [-0.25, -0.2) is 16.8 Å². The van der Waals surface area contributed by atoms with E-state index in [1.54, 1.807) is 79.3 Å². The van der Waals surface area contributed by atoms with Crippen LogP contribution in [-0.4, -0.2) is 31.9 Å². The van der Waals surface area contributed by atoms with E-state index in [0.717, 1.165) is 22.4 Å². The largest absolute Gasteiger partial charge is 0.384 e. The first-order chi connectivity index (χ1) is 26.7. The number of nitrogens with zero attached hydrogens (tertiary/aromatic N) is 2. The fourth-order valence-electron chi connectivity index (χ4n) is 5.69. The predicted molar refractivity (Wildman–Crippen MR) is 230 cm³/mol. The molecular formula is C44H48ClN5O5S2. The monoisotopic (exact) mass is 825 g/mol. The number of anilines is 4. The number of hydrogen-bond acceptors (Lipinski definition) is 8. The van der Waals surface area contributed by atoms with Crippen molar-refractivity contribution in [3.63, 3.8) is 0 Å². The highest BCUT2D eigenvalue weighted by Gasteiger charge is 2.23. The highest BCUT2D eigenvalue weighted by Crippen LogP contribution is 2.33. The zero-order chi connectivity index (χ0) is 41.6. The molecule has 0 bridgehead atoms. The van der Waals surface area contributed by atoms with Gasteiger partial charge < -0.3 is 10.4 Å². The van der Waals surface area contributed by atoms with E-state index in [2.05, 4.69) is 66.3 Å². The van der Waals surface area contributed by atoms with Crippen molar-refractivity contribution >= 4 is 54.4 Å². The normalized spacial score (nSPS) is 12.5. The molecule has 4 N–H and O–H groups in total. The summed E-state index contributed by atoms with van der Waals surface area (Å²) in [7, 11) is -7.55. The van der Waals surface area contributed by atoms with Crippen molar-refractivity contribution in [2.24, 2.45) is 0 Å². The molecule has 0 aliphatic heterocycles. The quantitative estimate of drug-likeness (QED) is 0.107. The van der Waals surface area contributed by atoms with E-state index < -0.39 is 26.2 Å². The molecule has 13 heteroatoms. The molecule has 57 heavy (non-hydrogen) atoms. The lowest BCUT2D eigenvalue weighted by Crippen LogP contribution is -2.16. The third kappa shape index (κ3) is 11.4. The summed E-state index contributed by atoms with van der Waals surface area (Å²) in [6, 6.07) is 31.0. The molecule has 0 saturated heterocycles. The molecule has 298 valence electrons. The van der Waals surface area contributed by atoms with Gasteiger partial charge in [0.1, 0.15) is 6.10 Å². The minimum Gasteiger partial charge on any atom is -0.384 e. The van der Waals surface area contributed by atoms with Crippen molar-refractivity contribution < 1.29 is 21.9 Å². The number of hydrogen-bond donors (Lipinski definition) is 4. The van der Waals surface area contributed by atoms with Crippen molar-refractivity contribution in [3.05, 3.63) is 167 Å². The van der Waals surface area contributed by atoms with E-state index in [-0.39, 0.29) is 26.3 Å². The van der Waals surface area contributed by atoms with Crippen LogP contribution in [0.25, 0.3) is 0 Å². The van der Waals surface area contributed by atoms with Gasteiger partial charge in [-0.3, -0.25) is 19.4 Å². The second kappa shape index (κ2) is 17.5. The second-order valence-corrected chi connectivity index (χ2v) is 19.4. The Kier molecular flexibility index (Phi) is 13.1. The molecule has 0 radical (unpaired) electrons. The first kappa shape index (κ1) is 42.9. The Morgan fingerprint density at radius 1 is 0.614 bits per heavy atom. The molecule has 6 aromatic rings. The van der Waals surface area contributed by atoms with Crippen molar-refractivity contribution in [1.82, 2.24) is 9.97 Å². The number of rotatable bonds is 10. The van der Waals surface area contributed by atoms with Crippen LogP contribution in [-0.2, 0) is 30.9 Å². The van der Waals surface area contributed by atoms with Gasteiger partial charge in [0.25, 0.3) is 20.0 Å². The molecule has 1 unspecified atom stereocenters. The Balaban J connectivity index is 0.000000218. The fraction of sp³-hybridized carbons (Fsp3) is 0.227. The topological polar surface area (TPSA) is 150 Å². The second-order valence-electron chi connectivity index (χ2n) is 15.6. The fourth-order valence-corrected chi connectivity index (χ4v) is 8.03. The molecular weight excluding hydrogens is 778 g/mol. The molecule has 0 spiro atoms. The van der Waals surface area contributed by atoms with Crippen LogP contribution in [0, 0.1) is 6.92 Å². The summed E-state index contributed by atoms with van der Waals surface area (Å²) >= 11 is 6.09. The van der Waals surface area contributed by atoms with E-state index in [4.69, 9.17) is 11.6 Å². The van der Waals surface area contributed by atoms with Crippen LogP contribution in [0.1, 0.15) is 75.5 Å². The number of aliphatic hydroxyl groups is 1.